The molecule has 0 unspecified atom stereocenters. The molecule has 0 aromatic heterocycles. The van der Waals surface area contributed by atoms with Gasteiger partial charge in [-0.2, -0.15) is 0 Å². The zero-order valence-corrected chi connectivity index (χ0v) is 17.1. The average Bonchev–Trinajstić information content (AvgIpc) is 2.50. The van der Waals surface area contributed by atoms with Crippen molar-refractivity contribution in [2.45, 2.75) is 103 Å². The van der Waals surface area contributed by atoms with Gasteiger partial charge >= 0.3 is 0 Å². The predicted octanol–water partition coefficient (Wildman–Crippen LogP) is 7.40. The molecule has 0 N–H and O–H groups in total. The largest absolute Gasteiger partial charge is 0.309 e. The van der Waals surface area contributed by atoms with Crippen LogP contribution in [0.15, 0.2) is 12.2 Å². The Labute approximate surface area is 153 Å². The molecule has 140 valence electrons. The Kier molecular flexibility index (Phi) is 24.1. The maximum absolute atomic E-state index is 2.38. The van der Waals surface area contributed by atoms with E-state index in [9.17, 15) is 0 Å². The summed E-state index contributed by atoms with van der Waals surface area (Å²) in [5.41, 5.74) is 0. The molecule has 0 saturated heterocycles. The maximum atomic E-state index is 2.38. The highest BCUT2D eigenvalue weighted by molar-refractivity contribution is 5.85. The Hall–Kier alpha value is -0.0100. The molecule has 0 saturated carbocycles. The molecule has 0 spiro atoms. The standard InChI is InChI=1S/C21H43N.ClH/c1-4-5-6-7-8-9-10-11-12-13-14-15-16-17-18-19-20-21-22(2)3;/h18-19H,4-17,20-21H2,1-3H3;1H. The van der Waals surface area contributed by atoms with Gasteiger partial charge in [-0.15, -0.1) is 12.4 Å². The van der Waals surface area contributed by atoms with Gasteiger partial charge in [0.2, 0.25) is 0 Å². The van der Waals surface area contributed by atoms with Crippen LogP contribution in [0.25, 0.3) is 0 Å². The molecule has 0 radical (unpaired) electrons. The van der Waals surface area contributed by atoms with Crippen LogP contribution in [-0.2, 0) is 0 Å². The fraction of sp³-hybridized carbons (Fsp3) is 0.905. The van der Waals surface area contributed by atoms with Crippen LogP contribution < -0.4 is 0 Å². The van der Waals surface area contributed by atoms with Crippen LogP contribution in [-0.4, -0.2) is 25.5 Å². The first-order valence-corrected chi connectivity index (χ1v) is 10.1. The highest BCUT2D eigenvalue weighted by Gasteiger charge is 1.93. The van der Waals surface area contributed by atoms with Crippen molar-refractivity contribution in [2.75, 3.05) is 20.6 Å². The molecule has 0 aliphatic carbocycles. The monoisotopic (exact) mass is 345 g/mol. The quantitative estimate of drug-likeness (QED) is 0.196. The highest BCUT2D eigenvalue weighted by atomic mass is 35.5. The van der Waals surface area contributed by atoms with E-state index < -0.39 is 0 Å². The second kappa shape index (κ2) is 22.0. The molecule has 2 heteroatoms. The Morgan fingerprint density at radius 2 is 0.957 bits per heavy atom. The van der Waals surface area contributed by atoms with Crippen molar-refractivity contribution in [3.8, 4) is 0 Å². The molecule has 0 rings (SSSR count). The maximum Gasteiger partial charge on any atom is 0.000980 e. The summed E-state index contributed by atoms with van der Waals surface area (Å²) in [6.45, 7) is 3.47. The number of halogens is 1. The lowest BCUT2D eigenvalue weighted by molar-refractivity contribution is 0.417. The molecule has 0 atom stereocenters. The molecule has 0 fully saturated rings. The van der Waals surface area contributed by atoms with Gasteiger partial charge in [0, 0.05) is 6.54 Å². The zero-order chi connectivity index (χ0) is 16.3. The van der Waals surface area contributed by atoms with Crippen molar-refractivity contribution in [1.82, 2.24) is 4.90 Å². The summed E-state index contributed by atoms with van der Waals surface area (Å²) in [6, 6.07) is 0. The molecule has 1 nitrogen and oxygen atoms in total. The zero-order valence-electron chi connectivity index (χ0n) is 16.3. The third-order valence-corrected chi connectivity index (χ3v) is 4.38. The molecule has 0 aromatic carbocycles. The van der Waals surface area contributed by atoms with Crippen LogP contribution in [0.2, 0.25) is 0 Å². The Morgan fingerprint density at radius 1 is 0.565 bits per heavy atom. The van der Waals surface area contributed by atoms with Crippen LogP contribution in [0, 0.1) is 0 Å². The van der Waals surface area contributed by atoms with E-state index in [2.05, 4.69) is 38.1 Å². The van der Waals surface area contributed by atoms with Gasteiger partial charge in [0.25, 0.3) is 0 Å². The lowest BCUT2D eigenvalue weighted by Crippen LogP contribution is -2.11. The molecule has 0 bridgehead atoms. The molecular formula is C21H44ClN. The first-order chi connectivity index (χ1) is 10.8. The van der Waals surface area contributed by atoms with Crippen molar-refractivity contribution in [3.05, 3.63) is 12.2 Å². The van der Waals surface area contributed by atoms with E-state index >= 15 is 0 Å². The topological polar surface area (TPSA) is 3.24 Å². The molecular weight excluding hydrogens is 302 g/mol. The van der Waals surface area contributed by atoms with Crippen molar-refractivity contribution >= 4 is 12.4 Å². The molecule has 0 aliphatic rings. The summed E-state index contributed by atoms with van der Waals surface area (Å²) in [7, 11) is 4.28. The molecule has 23 heavy (non-hydrogen) atoms. The third-order valence-electron chi connectivity index (χ3n) is 4.38. The number of rotatable bonds is 17. The van der Waals surface area contributed by atoms with Crippen molar-refractivity contribution in [1.29, 1.82) is 0 Å². The minimum Gasteiger partial charge on any atom is -0.309 e. The van der Waals surface area contributed by atoms with Gasteiger partial charge in [0.1, 0.15) is 0 Å². The smallest absolute Gasteiger partial charge is 0.000980 e. The molecule has 0 aromatic rings. The van der Waals surface area contributed by atoms with Crippen LogP contribution >= 0.6 is 12.4 Å². The van der Waals surface area contributed by atoms with Gasteiger partial charge < -0.3 is 4.90 Å². The number of hydrogen-bond donors (Lipinski definition) is 0. The van der Waals surface area contributed by atoms with E-state index in [-0.39, 0.29) is 12.4 Å². The van der Waals surface area contributed by atoms with Crippen LogP contribution in [0.1, 0.15) is 103 Å². The molecule has 0 heterocycles. The van der Waals surface area contributed by atoms with Gasteiger partial charge in [-0.1, -0.05) is 96.1 Å². The number of allylic oxidation sites excluding steroid dienone is 1. The normalized spacial score (nSPS) is 11.3. The summed E-state index contributed by atoms with van der Waals surface area (Å²) in [4.78, 5) is 2.25. The summed E-state index contributed by atoms with van der Waals surface area (Å²) >= 11 is 0. The number of unbranched alkanes of at least 4 members (excludes halogenated alkanes) is 13. The van der Waals surface area contributed by atoms with Gasteiger partial charge in [-0.3, -0.25) is 0 Å². The highest BCUT2D eigenvalue weighted by Crippen LogP contribution is 2.13. The van der Waals surface area contributed by atoms with E-state index in [0.29, 0.717) is 0 Å². The van der Waals surface area contributed by atoms with Crippen molar-refractivity contribution < 1.29 is 0 Å². The van der Waals surface area contributed by atoms with E-state index in [1.165, 1.54) is 103 Å². The Balaban J connectivity index is 0. The van der Waals surface area contributed by atoms with Crippen molar-refractivity contribution in [3.63, 3.8) is 0 Å². The fourth-order valence-electron chi connectivity index (χ4n) is 2.85. The van der Waals surface area contributed by atoms with E-state index in [0.717, 1.165) is 0 Å². The average molecular weight is 346 g/mol. The first kappa shape index (κ1) is 25.2. The summed E-state index contributed by atoms with van der Waals surface area (Å²) in [6.07, 6.45) is 26.0. The number of nitrogens with zero attached hydrogens (tertiary/aromatic N) is 1. The van der Waals surface area contributed by atoms with Gasteiger partial charge in [0.05, 0.1) is 0 Å². The van der Waals surface area contributed by atoms with E-state index in [1.807, 2.05) is 0 Å². The minimum absolute atomic E-state index is 0. The van der Waals surface area contributed by atoms with Gasteiger partial charge in [-0.05, 0) is 33.4 Å². The number of hydrogen-bond acceptors (Lipinski definition) is 1. The Bertz CT molecular complexity index is 226. The summed E-state index contributed by atoms with van der Waals surface area (Å²) < 4.78 is 0. The van der Waals surface area contributed by atoms with E-state index in [1.54, 1.807) is 0 Å². The lowest BCUT2D eigenvalue weighted by atomic mass is 10.0. The second-order valence-electron chi connectivity index (χ2n) is 7.09. The van der Waals surface area contributed by atoms with Crippen molar-refractivity contribution in [2.24, 2.45) is 0 Å². The first-order valence-electron chi connectivity index (χ1n) is 10.1. The SMILES string of the molecule is CCCCCCCCCCCCCCCC=CCCN(C)C.Cl. The molecule has 0 aliphatic heterocycles. The third kappa shape index (κ3) is 24.4. The lowest BCUT2D eigenvalue weighted by Gasteiger charge is -2.05. The fourth-order valence-corrected chi connectivity index (χ4v) is 2.85. The van der Waals surface area contributed by atoms with Crippen LogP contribution in [0.4, 0.5) is 0 Å². The predicted molar refractivity (Wildman–Crippen MR) is 110 cm³/mol. The molecule has 0 amide bonds. The minimum atomic E-state index is 0. The second-order valence-corrected chi connectivity index (χ2v) is 7.09. The van der Waals surface area contributed by atoms with Crippen LogP contribution in [0.5, 0.6) is 0 Å². The van der Waals surface area contributed by atoms with E-state index in [4.69, 9.17) is 0 Å². The summed E-state index contributed by atoms with van der Waals surface area (Å²) in [5, 5.41) is 0. The van der Waals surface area contributed by atoms with Gasteiger partial charge in [-0.25, -0.2) is 0 Å². The Morgan fingerprint density at radius 3 is 1.39 bits per heavy atom. The van der Waals surface area contributed by atoms with Gasteiger partial charge in [0.15, 0.2) is 0 Å². The van der Waals surface area contributed by atoms with Crippen LogP contribution in [0.3, 0.4) is 0 Å². The summed E-state index contributed by atoms with van der Waals surface area (Å²) in [5.74, 6) is 0.